The van der Waals surface area contributed by atoms with Gasteiger partial charge in [-0.2, -0.15) is 0 Å². The van der Waals surface area contributed by atoms with Gasteiger partial charge in [-0.1, -0.05) is 35.9 Å². The van der Waals surface area contributed by atoms with Crippen LogP contribution in [0.5, 0.6) is 0 Å². The third kappa shape index (κ3) is 1.53. The smallest absolute Gasteiger partial charge is 0.225 e. The van der Waals surface area contributed by atoms with Crippen LogP contribution in [0.1, 0.15) is 24.8 Å². The number of halogens is 1. The summed E-state index contributed by atoms with van der Waals surface area (Å²) in [5.41, 5.74) is 0.495. The first-order valence-corrected chi connectivity index (χ1v) is 8.47. The second-order valence-corrected chi connectivity index (χ2v) is 7.41. The zero-order valence-electron chi connectivity index (χ0n) is 12.2. The maximum Gasteiger partial charge on any atom is 0.225 e. The molecule has 4 heteroatoms. The van der Waals surface area contributed by atoms with E-state index in [0.29, 0.717) is 35.2 Å². The third-order valence-corrected chi connectivity index (χ3v) is 6.27. The molecule has 22 heavy (non-hydrogen) atoms. The van der Waals surface area contributed by atoms with E-state index in [1.54, 1.807) is 0 Å². The van der Waals surface area contributed by atoms with Crippen molar-refractivity contribution < 1.29 is 9.53 Å². The normalized spacial score (nSPS) is 41.9. The summed E-state index contributed by atoms with van der Waals surface area (Å²) in [6.45, 7) is 0.753. The van der Waals surface area contributed by atoms with Gasteiger partial charge in [0.25, 0.3) is 0 Å². The molecule has 2 heterocycles. The highest BCUT2D eigenvalue weighted by Crippen LogP contribution is 2.56. The van der Waals surface area contributed by atoms with Gasteiger partial charge in [-0.15, -0.1) is 0 Å². The lowest BCUT2D eigenvalue weighted by Gasteiger charge is -2.51. The molecule has 0 radical (unpaired) electrons. The molecule has 2 saturated heterocycles. The van der Waals surface area contributed by atoms with Crippen LogP contribution in [0.15, 0.2) is 36.4 Å². The van der Waals surface area contributed by atoms with E-state index in [9.17, 15) is 4.79 Å². The van der Waals surface area contributed by atoms with Gasteiger partial charge < -0.3 is 9.64 Å². The van der Waals surface area contributed by atoms with Gasteiger partial charge in [-0.25, -0.2) is 0 Å². The Hall–Kier alpha value is -1.32. The van der Waals surface area contributed by atoms with Crippen molar-refractivity contribution in [1.29, 1.82) is 0 Å². The quantitative estimate of drug-likeness (QED) is 0.744. The fraction of sp³-hybridized carbons (Fsp3) is 0.500. The molecule has 1 aromatic rings. The maximum atomic E-state index is 12.7. The van der Waals surface area contributed by atoms with Gasteiger partial charge in [0, 0.05) is 35.4 Å². The number of nitrogens with zero attached hydrogens (tertiary/aromatic N) is 1. The average molecular weight is 316 g/mol. The number of rotatable bonds is 1. The van der Waals surface area contributed by atoms with E-state index in [2.05, 4.69) is 17.1 Å². The van der Waals surface area contributed by atoms with Crippen LogP contribution in [0, 0.1) is 17.8 Å². The van der Waals surface area contributed by atoms with Crippen LogP contribution in [0.25, 0.3) is 0 Å². The summed E-state index contributed by atoms with van der Waals surface area (Å²) in [6.07, 6.45) is 7.14. The van der Waals surface area contributed by atoms with E-state index in [4.69, 9.17) is 16.3 Å². The molecule has 1 saturated carbocycles. The number of hydrogen-bond donors (Lipinski definition) is 0. The molecule has 3 fully saturated rings. The van der Waals surface area contributed by atoms with Crippen molar-refractivity contribution in [2.45, 2.75) is 31.0 Å². The molecule has 0 aromatic heterocycles. The molecule has 0 unspecified atom stereocenters. The first-order valence-electron chi connectivity index (χ1n) is 8.09. The van der Waals surface area contributed by atoms with Gasteiger partial charge in [0.1, 0.15) is 0 Å². The highest BCUT2D eigenvalue weighted by molar-refractivity contribution is 6.30. The summed E-state index contributed by atoms with van der Waals surface area (Å²) >= 11 is 6.03. The minimum atomic E-state index is -0.568. The van der Waals surface area contributed by atoms with Crippen LogP contribution in [0.4, 0.5) is 0 Å². The third-order valence-electron chi connectivity index (χ3n) is 6.02. The largest absolute Gasteiger partial charge is 0.351 e. The summed E-state index contributed by atoms with van der Waals surface area (Å²) in [5, 5.41) is 0.715. The van der Waals surface area contributed by atoms with Crippen molar-refractivity contribution in [2.24, 2.45) is 17.8 Å². The number of carbonyl (C=O) groups is 1. The van der Waals surface area contributed by atoms with E-state index >= 15 is 0 Å². The van der Waals surface area contributed by atoms with E-state index in [1.165, 1.54) is 6.42 Å². The topological polar surface area (TPSA) is 29.5 Å². The van der Waals surface area contributed by atoms with Gasteiger partial charge in [0.15, 0.2) is 5.72 Å². The second-order valence-electron chi connectivity index (χ2n) is 6.97. The zero-order valence-corrected chi connectivity index (χ0v) is 13.0. The lowest BCUT2D eigenvalue weighted by Crippen LogP contribution is -2.60. The van der Waals surface area contributed by atoms with Crippen LogP contribution < -0.4 is 0 Å². The van der Waals surface area contributed by atoms with Crippen molar-refractivity contribution in [2.75, 3.05) is 6.61 Å². The first kappa shape index (κ1) is 13.1. The van der Waals surface area contributed by atoms with Crippen molar-refractivity contribution in [3.8, 4) is 0 Å². The summed E-state index contributed by atoms with van der Waals surface area (Å²) in [5.74, 6) is 1.81. The second kappa shape index (κ2) is 4.36. The molecule has 4 aliphatic rings. The number of amides is 1. The van der Waals surface area contributed by atoms with Crippen LogP contribution in [0.3, 0.4) is 0 Å². The molecule has 1 amide bonds. The Morgan fingerprint density at radius 1 is 1.18 bits per heavy atom. The molecule has 5 atom stereocenters. The Kier molecular flexibility index (Phi) is 2.61. The monoisotopic (exact) mass is 315 g/mol. The molecule has 2 bridgehead atoms. The number of carbonyl (C=O) groups excluding carboxylic acids is 1. The number of allylic oxidation sites excluding steroid dienone is 1. The summed E-state index contributed by atoms with van der Waals surface area (Å²) in [7, 11) is 0. The predicted molar refractivity (Wildman–Crippen MR) is 83.2 cm³/mol. The first-order chi connectivity index (χ1) is 10.7. The molecule has 114 valence electrons. The van der Waals surface area contributed by atoms with Gasteiger partial charge in [0.2, 0.25) is 5.91 Å². The van der Waals surface area contributed by atoms with E-state index < -0.39 is 5.72 Å². The average Bonchev–Trinajstić information content (AvgIpc) is 3.22. The van der Waals surface area contributed by atoms with Crippen molar-refractivity contribution >= 4 is 17.5 Å². The predicted octanol–water partition coefficient (Wildman–Crippen LogP) is 3.34. The molecule has 2 aliphatic heterocycles. The fourth-order valence-corrected chi connectivity index (χ4v) is 5.21. The van der Waals surface area contributed by atoms with Gasteiger partial charge in [-0.05, 0) is 30.4 Å². The number of fused-ring (bicyclic) bond motifs is 7. The minimum Gasteiger partial charge on any atom is -0.351 e. The van der Waals surface area contributed by atoms with Crippen LogP contribution >= 0.6 is 11.6 Å². The molecule has 1 aromatic carbocycles. The number of hydrogen-bond acceptors (Lipinski definition) is 2. The van der Waals surface area contributed by atoms with E-state index in [0.717, 1.165) is 18.6 Å². The Labute approximate surface area is 134 Å². The van der Waals surface area contributed by atoms with Gasteiger partial charge in [-0.3, -0.25) is 4.79 Å². The summed E-state index contributed by atoms with van der Waals surface area (Å²) < 4.78 is 6.38. The highest BCUT2D eigenvalue weighted by atomic mass is 35.5. The van der Waals surface area contributed by atoms with E-state index in [-0.39, 0.29) is 5.91 Å². The molecular weight excluding hydrogens is 298 g/mol. The molecule has 0 spiro atoms. The fourth-order valence-electron chi connectivity index (χ4n) is 5.08. The Bertz CT molecular complexity index is 670. The standard InChI is InChI=1S/C18H18ClNO2/c19-14-5-3-13(4-6-14)18-8-7-16(21)20(18)17-12-2-1-11(9-12)15(17)10-22-18/h1-6,11-12,15,17H,7-10H2/t11-,12+,15-,17+,18+/m0/s1. The highest BCUT2D eigenvalue weighted by Gasteiger charge is 2.61. The van der Waals surface area contributed by atoms with E-state index in [1.807, 2.05) is 24.3 Å². The van der Waals surface area contributed by atoms with Crippen LogP contribution in [-0.2, 0) is 15.3 Å². The summed E-state index contributed by atoms with van der Waals surface area (Å²) in [6, 6.07) is 8.12. The summed E-state index contributed by atoms with van der Waals surface area (Å²) in [4.78, 5) is 14.8. The molecule has 2 aliphatic carbocycles. The lowest BCUT2D eigenvalue weighted by atomic mass is 9.84. The van der Waals surface area contributed by atoms with Crippen molar-refractivity contribution in [3.05, 3.63) is 47.0 Å². The number of benzene rings is 1. The molecular formula is C18H18ClNO2. The maximum absolute atomic E-state index is 12.7. The zero-order chi connectivity index (χ0) is 14.9. The SMILES string of the molecule is O=C1CC[C@]2(c3ccc(Cl)cc3)OC[C@@H]3[C@@H]([C@@H]4C=C[C@H]3C4)N12. The molecule has 5 rings (SSSR count). The lowest BCUT2D eigenvalue weighted by molar-refractivity contribution is -0.218. The van der Waals surface area contributed by atoms with Crippen molar-refractivity contribution in [3.63, 3.8) is 0 Å². The van der Waals surface area contributed by atoms with Crippen LogP contribution in [-0.4, -0.2) is 23.5 Å². The van der Waals surface area contributed by atoms with Gasteiger partial charge in [0.05, 0.1) is 6.61 Å². The van der Waals surface area contributed by atoms with Crippen molar-refractivity contribution in [1.82, 2.24) is 4.90 Å². The van der Waals surface area contributed by atoms with Crippen LogP contribution in [0.2, 0.25) is 5.02 Å². The van der Waals surface area contributed by atoms with Gasteiger partial charge >= 0.3 is 0 Å². The minimum absolute atomic E-state index is 0.241. The molecule has 0 N–H and O–H groups in total. The number of ether oxygens (including phenoxy) is 1. The Balaban J connectivity index is 1.62. The molecule has 3 nitrogen and oxygen atoms in total. The Morgan fingerprint density at radius 3 is 2.77 bits per heavy atom. The Morgan fingerprint density at radius 2 is 1.95 bits per heavy atom.